The monoisotopic (exact) mass is 498 g/mol. The van der Waals surface area contributed by atoms with Gasteiger partial charge in [-0.25, -0.2) is 0 Å². The molecule has 0 amide bonds. The molecule has 0 bridgehead atoms. The molecule has 0 radical (unpaired) electrons. The van der Waals surface area contributed by atoms with Crippen LogP contribution in [0.3, 0.4) is 0 Å². The van der Waals surface area contributed by atoms with Crippen LogP contribution in [0, 0.1) is 0 Å². The normalized spacial score (nSPS) is 12.3. The van der Waals surface area contributed by atoms with Crippen LogP contribution in [0.4, 0.5) is 0 Å². The fraction of sp³-hybridized carbons (Fsp3) is 0.0769. The standard InChI is InChI=1S/3C13H10/c3*1-3-7-12-10(5-1)9-11-6-2-4-8-13(11)12/h3*1-8H,9H2. The van der Waals surface area contributed by atoms with Gasteiger partial charge in [0.05, 0.1) is 0 Å². The van der Waals surface area contributed by atoms with E-state index in [1.54, 1.807) is 0 Å². The molecule has 9 rings (SSSR count). The van der Waals surface area contributed by atoms with E-state index < -0.39 is 0 Å². The van der Waals surface area contributed by atoms with Crippen molar-refractivity contribution < 1.29 is 0 Å². The highest BCUT2D eigenvalue weighted by atomic mass is 14.2. The Balaban J connectivity index is 0.0000000974. The molecule has 0 unspecified atom stereocenters. The number of rotatable bonds is 0. The Kier molecular flexibility index (Phi) is 6.15. The first kappa shape index (κ1) is 23.4. The minimum atomic E-state index is 1.10. The average molecular weight is 499 g/mol. The maximum atomic E-state index is 2.22. The van der Waals surface area contributed by atoms with Gasteiger partial charge in [0.25, 0.3) is 0 Å². The molecule has 3 aliphatic rings. The average Bonchev–Trinajstić information content (AvgIpc) is 3.69. The third-order valence-corrected chi connectivity index (χ3v) is 8.12. The third kappa shape index (κ3) is 4.49. The second-order valence-electron chi connectivity index (χ2n) is 10.5. The lowest BCUT2D eigenvalue weighted by molar-refractivity contribution is 1.26. The van der Waals surface area contributed by atoms with E-state index >= 15 is 0 Å². The third-order valence-electron chi connectivity index (χ3n) is 8.12. The van der Waals surface area contributed by atoms with Crippen molar-refractivity contribution in [1.29, 1.82) is 0 Å². The molecule has 186 valence electrons. The van der Waals surface area contributed by atoms with E-state index in [4.69, 9.17) is 0 Å². The van der Waals surface area contributed by atoms with Gasteiger partial charge in [0.2, 0.25) is 0 Å². The Morgan fingerprint density at radius 2 is 0.359 bits per heavy atom. The van der Waals surface area contributed by atoms with Crippen LogP contribution in [0.2, 0.25) is 0 Å². The summed E-state index contributed by atoms with van der Waals surface area (Å²) in [4.78, 5) is 0. The van der Waals surface area contributed by atoms with Gasteiger partial charge in [-0.1, -0.05) is 146 Å². The highest BCUT2D eigenvalue weighted by Gasteiger charge is 2.17. The van der Waals surface area contributed by atoms with Gasteiger partial charge < -0.3 is 0 Å². The molecule has 39 heavy (non-hydrogen) atoms. The zero-order chi connectivity index (χ0) is 26.0. The Labute approximate surface area is 231 Å². The SMILES string of the molecule is c1ccc2c(c1)Cc1ccccc1-2.c1ccc2c(c1)Cc1ccccc1-2.c1ccc2c(c1)Cc1ccccc1-2. The maximum absolute atomic E-state index is 2.22. The lowest BCUT2D eigenvalue weighted by Crippen LogP contribution is -1.77. The van der Waals surface area contributed by atoms with Gasteiger partial charge in [0.15, 0.2) is 0 Å². The molecule has 0 heteroatoms. The molecule has 0 saturated heterocycles. The van der Waals surface area contributed by atoms with Gasteiger partial charge >= 0.3 is 0 Å². The quantitative estimate of drug-likeness (QED) is 0.195. The maximum Gasteiger partial charge on any atom is -0.00135 e. The first-order valence-corrected chi connectivity index (χ1v) is 13.8. The largest absolute Gasteiger partial charge is 0.0619 e. The first-order valence-electron chi connectivity index (χ1n) is 13.8. The lowest BCUT2D eigenvalue weighted by atomic mass is 10.1. The molecular weight excluding hydrogens is 468 g/mol. The van der Waals surface area contributed by atoms with Gasteiger partial charge in [-0.3, -0.25) is 0 Å². The van der Waals surface area contributed by atoms with E-state index in [1.807, 2.05) is 0 Å². The molecule has 6 aromatic carbocycles. The summed E-state index contributed by atoms with van der Waals surface area (Å²) in [5.41, 5.74) is 17.3. The highest BCUT2D eigenvalue weighted by Crippen LogP contribution is 2.37. The van der Waals surface area contributed by atoms with Crippen LogP contribution in [0.15, 0.2) is 146 Å². The fourth-order valence-corrected chi connectivity index (χ4v) is 6.24. The molecular formula is C39H30. The van der Waals surface area contributed by atoms with Crippen molar-refractivity contribution in [2.75, 3.05) is 0 Å². The summed E-state index contributed by atoms with van der Waals surface area (Å²) in [5, 5.41) is 0. The van der Waals surface area contributed by atoms with Crippen molar-refractivity contribution in [1.82, 2.24) is 0 Å². The van der Waals surface area contributed by atoms with Crippen molar-refractivity contribution in [3.8, 4) is 33.4 Å². The van der Waals surface area contributed by atoms with Gasteiger partial charge in [-0.05, 0) is 86.0 Å². The topological polar surface area (TPSA) is 0 Å². The van der Waals surface area contributed by atoms with E-state index in [0.29, 0.717) is 0 Å². The van der Waals surface area contributed by atoms with Crippen molar-refractivity contribution >= 4 is 0 Å². The van der Waals surface area contributed by atoms with E-state index in [2.05, 4.69) is 146 Å². The van der Waals surface area contributed by atoms with E-state index in [1.165, 1.54) is 66.8 Å². The zero-order valence-electron chi connectivity index (χ0n) is 22.0. The van der Waals surface area contributed by atoms with Crippen molar-refractivity contribution in [3.63, 3.8) is 0 Å². The molecule has 0 spiro atoms. The lowest BCUT2D eigenvalue weighted by Gasteiger charge is -1.98. The highest BCUT2D eigenvalue weighted by molar-refractivity contribution is 5.78. The summed E-state index contributed by atoms with van der Waals surface area (Å²) in [6.45, 7) is 0. The Morgan fingerprint density at radius 1 is 0.205 bits per heavy atom. The Bertz CT molecular complexity index is 1450. The van der Waals surface area contributed by atoms with Crippen LogP contribution >= 0.6 is 0 Å². The summed E-state index contributed by atoms with van der Waals surface area (Å²) < 4.78 is 0. The van der Waals surface area contributed by atoms with Gasteiger partial charge in [0, 0.05) is 0 Å². The van der Waals surface area contributed by atoms with Crippen LogP contribution in [0.5, 0.6) is 0 Å². The van der Waals surface area contributed by atoms with Gasteiger partial charge in [-0.2, -0.15) is 0 Å². The van der Waals surface area contributed by atoms with E-state index in [9.17, 15) is 0 Å². The number of fused-ring (bicyclic) bond motifs is 9. The van der Waals surface area contributed by atoms with Crippen LogP contribution in [0.1, 0.15) is 33.4 Å². The molecule has 0 aromatic heterocycles. The molecule has 0 aliphatic heterocycles. The summed E-state index contributed by atoms with van der Waals surface area (Å²) in [6, 6.07) is 51.9. The molecule has 3 aliphatic carbocycles. The summed E-state index contributed by atoms with van der Waals surface area (Å²) in [5.74, 6) is 0. The van der Waals surface area contributed by atoms with Gasteiger partial charge in [-0.15, -0.1) is 0 Å². The van der Waals surface area contributed by atoms with Crippen molar-refractivity contribution in [3.05, 3.63) is 179 Å². The minimum absolute atomic E-state index is 1.10. The van der Waals surface area contributed by atoms with Gasteiger partial charge in [0.1, 0.15) is 0 Å². The van der Waals surface area contributed by atoms with Crippen LogP contribution in [-0.4, -0.2) is 0 Å². The summed E-state index contributed by atoms with van der Waals surface area (Å²) in [6.07, 6.45) is 3.31. The second kappa shape index (κ2) is 10.2. The smallest absolute Gasteiger partial charge is 0.00135 e. The molecule has 0 saturated carbocycles. The molecule has 0 atom stereocenters. The fourth-order valence-electron chi connectivity index (χ4n) is 6.24. The van der Waals surface area contributed by atoms with E-state index in [-0.39, 0.29) is 0 Å². The van der Waals surface area contributed by atoms with Crippen molar-refractivity contribution in [2.24, 2.45) is 0 Å². The number of hydrogen-bond donors (Lipinski definition) is 0. The summed E-state index contributed by atoms with van der Waals surface area (Å²) >= 11 is 0. The minimum Gasteiger partial charge on any atom is -0.0619 e. The molecule has 6 aromatic rings. The second-order valence-corrected chi connectivity index (χ2v) is 10.5. The number of hydrogen-bond acceptors (Lipinski definition) is 0. The molecule has 0 N–H and O–H groups in total. The van der Waals surface area contributed by atoms with Crippen molar-refractivity contribution in [2.45, 2.75) is 19.3 Å². The summed E-state index contributed by atoms with van der Waals surface area (Å²) in [7, 11) is 0. The van der Waals surface area contributed by atoms with E-state index in [0.717, 1.165) is 19.3 Å². The zero-order valence-corrected chi connectivity index (χ0v) is 22.0. The molecule has 0 nitrogen and oxygen atoms in total. The van der Waals surface area contributed by atoms with Crippen LogP contribution in [0.25, 0.3) is 33.4 Å². The van der Waals surface area contributed by atoms with Crippen LogP contribution in [-0.2, 0) is 19.3 Å². The molecule has 0 fully saturated rings. The molecule has 0 heterocycles. The number of benzene rings is 6. The Morgan fingerprint density at radius 3 is 0.538 bits per heavy atom. The Hall–Kier alpha value is -4.68. The predicted molar refractivity (Wildman–Crippen MR) is 164 cm³/mol. The van der Waals surface area contributed by atoms with Crippen LogP contribution < -0.4 is 0 Å². The first-order chi connectivity index (χ1) is 19.3. The predicted octanol–water partition coefficient (Wildman–Crippen LogP) is 9.77.